The molecular formula is C22H32ClNO2S. The second-order valence-corrected chi connectivity index (χ2v) is 9.40. The van der Waals surface area contributed by atoms with E-state index >= 15 is 0 Å². The average molecular weight is 410 g/mol. The molecule has 1 heterocycles. The number of phenols is 1. The summed E-state index contributed by atoms with van der Waals surface area (Å²) in [5.41, 5.74) is 2.05. The summed E-state index contributed by atoms with van der Waals surface area (Å²) in [5.74, 6) is 0.332. The number of nitrogens with zero attached hydrogens (tertiary/aromatic N) is 1. The molecule has 1 N–H and O–H groups in total. The van der Waals surface area contributed by atoms with E-state index in [1.807, 2.05) is 29.6 Å². The molecule has 0 unspecified atom stereocenters. The van der Waals surface area contributed by atoms with Crippen molar-refractivity contribution in [1.82, 2.24) is 4.90 Å². The number of carbonyl (C=O) groups is 1. The van der Waals surface area contributed by atoms with Crippen LogP contribution in [0.4, 0.5) is 0 Å². The van der Waals surface area contributed by atoms with Crippen molar-refractivity contribution in [3.05, 3.63) is 51.2 Å². The van der Waals surface area contributed by atoms with Gasteiger partial charge in [0.15, 0.2) is 0 Å². The first-order chi connectivity index (χ1) is 12.0. The van der Waals surface area contributed by atoms with Crippen LogP contribution < -0.4 is 0 Å². The lowest BCUT2D eigenvalue weighted by atomic mass is 9.83. The van der Waals surface area contributed by atoms with E-state index in [2.05, 4.69) is 53.4 Å². The van der Waals surface area contributed by atoms with Gasteiger partial charge in [0.05, 0.1) is 4.88 Å². The van der Waals surface area contributed by atoms with Crippen LogP contribution in [0.3, 0.4) is 0 Å². The van der Waals surface area contributed by atoms with Gasteiger partial charge in [-0.15, -0.1) is 23.7 Å². The Bertz CT molecular complexity index is 753. The summed E-state index contributed by atoms with van der Waals surface area (Å²) in [6, 6.07) is 8.17. The lowest BCUT2D eigenvalue weighted by Crippen LogP contribution is -2.36. The topological polar surface area (TPSA) is 40.5 Å². The van der Waals surface area contributed by atoms with Crippen LogP contribution in [0.5, 0.6) is 5.75 Å². The van der Waals surface area contributed by atoms with Gasteiger partial charge >= 0.3 is 0 Å². The summed E-state index contributed by atoms with van der Waals surface area (Å²) < 4.78 is 0. The van der Waals surface area contributed by atoms with Gasteiger partial charge in [0.25, 0.3) is 0 Å². The van der Waals surface area contributed by atoms with E-state index in [1.165, 1.54) is 11.3 Å². The molecule has 0 aliphatic rings. The largest absolute Gasteiger partial charge is 0.507 e. The molecule has 0 atom stereocenters. The van der Waals surface area contributed by atoms with Crippen molar-refractivity contribution in [2.45, 2.75) is 72.5 Å². The number of thiophene rings is 1. The Morgan fingerprint density at radius 3 is 2.19 bits per heavy atom. The lowest BCUT2D eigenvalue weighted by molar-refractivity contribution is 0.104. The number of hydrogen-bond acceptors (Lipinski definition) is 4. The fraction of sp³-hybridized carbons (Fsp3) is 0.500. The quantitative estimate of drug-likeness (QED) is 0.592. The van der Waals surface area contributed by atoms with Crippen molar-refractivity contribution in [3.63, 3.8) is 0 Å². The highest BCUT2D eigenvalue weighted by molar-refractivity contribution is 7.12. The van der Waals surface area contributed by atoms with E-state index in [9.17, 15) is 9.90 Å². The number of ketones is 1. The highest BCUT2D eigenvalue weighted by Gasteiger charge is 2.25. The molecule has 150 valence electrons. The first-order valence-corrected chi connectivity index (χ1v) is 10.1. The summed E-state index contributed by atoms with van der Waals surface area (Å²) >= 11 is 1.45. The molecule has 1 aromatic heterocycles. The van der Waals surface area contributed by atoms with Crippen molar-refractivity contribution in [3.8, 4) is 5.75 Å². The van der Waals surface area contributed by atoms with Crippen LogP contribution in [0.2, 0.25) is 0 Å². The average Bonchev–Trinajstić information content (AvgIpc) is 3.05. The van der Waals surface area contributed by atoms with Gasteiger partial charge in [0, 0.05) is 35.3 Å². The highest BCUT2D eigenvalue weighted by Crippen LogP contribution is 2.36. The number of hydrogen-bond donors (Lipinski definition) is 1. The molecule has 27 heavy (non-hydrogen) atoms. The summed E-state index contributed by atoms with van der Waals surface area (Å²) in [6.07, 6.45) is 0. The van der Waals surface area contributed by atoms with E-state index < -0.39 is 0 Å². The monoisotopic (exact) mass is 409 g/mol. The summed E-state index contributed by atoms with van der Waals surface area (Å²) in [7, 11) is 0. The molecule has 5 heteroatoms. The molecule has 2 aromatic rings. The van der Waals surface area contributed by atoms with Crippen molar-refractivity contribution in [2.75, 3.05) is 0 Å². The molecule has 0 fully saturated rings. The van der Waals surface area contributed by atoms with Crippen LogP contribution in [0.1, 0.15) is 74.8 Å². The highest BCUT2D eigenvalue weighted by atomic mass is 35.5. The number of benzene rings is 1. The van der Waals surface area contributed by atoms with E-state index in [1.54, 1.807) is 0 Å². The van der Waals surface area contributed by atoms with Gasteiger partial charge in [-0.25, -0.2) is 0 Å². The van der Waals surface area contributed by atoms with E-state index in [0.29, 0.717) is 29.9 Å². The molecule has 1 aromatic carbocycles. The van der Waals surface area contributed by atoms with Gasteiger partial charge in [-0.05, 0) is 56.7 Å². The molecule has 3 nitrogen and oxygen atoms in total. The summed E-state index contributed by atoms with van der Waals surface area (Å²) in [4.78, 5) is 16.0. The number of rotatable bonds is 6. The van der Waals surface area contributed by atoms with Gasteiger partial charge in [-0.3, -0.25) is 9.69 Å². The van der Waals surface area contributed by atoms with Crippen molar-refractivity contribution in [1.29, 1.82) is 0 Å². The minimum atomic E-state index is -0.245. The minimum absolute atomic E-state index is 0. The molecule has 0 aliphatic heterocycles. The van der Waals surface area contributed by atoms with Crippen LogP contribution in [-0.2, 0) is 12.0 Å². The maximum atomic E-state index is 12.9. The third kappa shape index (κ3) is 5.56. The predicted molar refractivity (Wildman–Crippen MR) is 118 cm³/mol. The maximum absolute atomic E-state index is 12.9. The molecule has 0 spiro atoms. The molecule has 0 saturated heterocycles. The molecule has 0 amide bonds. The SMILES string of the molecule is CC(C)N(Cc1cc(C(=O)c2cccs2)cc(C(C)(C)C)c1O)C(C)C.Cl. The first-order valence-electron chi connectivity index (χ1n) is 9.22. The standard InChI is InChI=1S/C22H31NO2S.ClH/c1-14(2)23(15(3)4)13-17-11-16(21(25)19-9-8-10-26-19)12-18(20(17)24)22(5,6)7;/h8-12,14-15,24H,13H2,1-7H3;1H. The lowest BCUT2D eigenvalue weighted by Gasteiger charge is -2.32. The van der Waals surface area contributed by atoms with Crippen LogP contribution in [-0.4, -0.2) is 27.9 Å². The minimum Gasteiger partial charge on any atom is -0.507 e. The zero-order valence-electron chi connectivity index (χ0n) is 17.4. The van der Waals surface area contributed by atoms with Gasteiger partial charge in [0.1, 0.15) is 5.75 Å². The van der Waals surface area contributed by atoms with Crippen LogP contribution in [0, 0.1) is 0 Å². The second-order valence-electron chi connectivity index (χ2n) is 8.45. The maximum Gasteiger partial charge on any atom is 0.202 e. The Morgan fingerprint density at radius 1 is 1.15 bits per heavy atom. The normalized spacial score (nSPS) is 11.9. The predicted octanol–water partition coefficient (Wildman–Crippen LogP) is 6.02. The van der Waals surface area contributed by atoms with Crippen molar-refractivity contribution in [2.24, 2.45) is 0 Å². The smallest absolute Gasteiger partial charge is 0.202 e. The first kappa shape index (κ1) is 23.7. The zero-order chi connectivity index (χ0) is 19.6. The van der Waals surface area contributed by atoms with Gasteiger partial charge in [0.2, 0.25) is 5.78 Å². The van der Waals surface area contributed by atoms with E-state index in [4.69, 9.17) is 0 Å². The van der Waals surface area contributed by atoms with E-state index in [0.717, 1.165) is 16.0 Å². The fourth-order valence-electron chi connectivity index (χ4n) is 3.23. The number of phenolic OH excluding ortho intramolecular Hbond substituents is 1. The van der Waals surface area contributed by atoms with Crippen molar-refractivity contribution >= 4 is 29.5 Å². The van der Waals surface area contributed by atoms with Crippen molar-refractivity contribution < 1.29 is 9.90 Å². The number of aromatic hydroxyl groups is 1. The van der Waals surface area contributed by atoms with Crippen LogP contribution in [0.25, 0.3) is 0 Å². The van der Waals surface area contributed by atoms with Gasteiger partial charge < -0.3 is 5.11 Å². The molecule has 0 saturated carbocycles. The van der Waals surface area contributed by atoms with Crippen LogP contribution in [0.15, 0.2) is 29.6 Å². The molecule has 0 aliphatic carbocycles. The fourth-order valence-corrected chi connectivity index (χ4v) is 3.91. The van der Waals surface area contributed by atoms with E-state index in [-0.39, 0.29) is 23.6 Å². The zero-order valence-corrected chi connectivity index (χ0v) is 19.0. The van der Waals surface area contributed by atoms with Crippen LogP contribution >= 0.6 is 23.7 Å². The number of carbonyl (C=O) groups excluding carboxylic acids is 1. The van der Waals surface area contributed by atoms with Gasteiger partial charge in [-0.1, -0.05) is 26.8 Å². The third-order valence-corrected chi connectivity index (χ3v) is 5.55. The summed E-state index contributed by atoms with van der Waals surface area (Å²) in [5, 5.41) is 12.9. The molecular weight excluding hydrogens is 378 g/mol. The second kappa shape index (κ2) is 9.22. The Kier molecular flexibility index (Phi) is 8.09. The van der Waals surface area contributed by atoms with Gasteiger partial charge in [-0.2, -0.15) is 0 Å². The molecule has 0 bridgehead atoms. The Labute approximate surface area is 173 Å². The molecule has 0 radical (unpaired) electrons. The Morgan fingerprint density at radius 2 is 1.74 bits per heavy atom. The third-order valence-electron chi connectivity index (χ3n) is 4.68. The number of halogens is 1. The summed E-state index contributed by atoms with van der Waals surface area (Å²) in [6.45, 7) is 15.4. The molecule has 2 rings (SSSR count). The Balaban J connectivity index is 0.00000364. The Hall–Kier alpha value is -1.36.